The molecule has 0 aromatic heterocycles. The molecule has 1 aliphatic carbocycles. The maximum absolute atomic E-state index is 12.7. The lowest BCUT2D eigenvalue weighted by Crippen LogP contribution is -2.46. The van der Waals surface area contributed by atoms with Crippen LogP contribution >= 0.6 is 11.6 Å². The van der Waals surface area contributed by atoms with Gasteiger partial charge in [-0.15, -0.1) is 0 Å². The number of likely N-dealkylation sites (tertiary alicyclic amines) is 1. The lowest BCUT2D eigenvalue weighted by Gasteiger charge is -2.23. The molecule has 29 heavy (non-hydrogen) atoms. The Labute approximate surface area is 173 Å². The molecular weight excluding hydrogens is 394 g/mol. The van der Waals surface area contributed by atoms with Crippen molar-refractivity contribution in [2.45, 2.75) is 38.6 Å². The molecule has 2 fully saturated rings. The lowest BCUT2D eigenvalue weighted by molar-refractivity contribution is -0.146. The van der Waals surface area contributed by atoms with E-state index in [4.69, 9.17) is 11.6 Å². The molecule has 152 valence electrons. The molecule has 2 heterocycles. The van der Waals surface area contributed by atoms with Crippen LogP contribution in [0.25, 0.3) is 0 Å². The van der Waals surface area contributed by atoms with E-state index in [9.17, 15) is 19.2 Å². The highest BCUT2D eigenvalue weighted by Crippen LogP contribution is 2.36. The average Bonchev–Trinajstić information content (AvgIpc) is 3.23. The van der Waals surface area contributed by atoms with Crippen molar-refractivity contribution in [2.75, 3.05) is 16.8 Å². The molecule has 3 aliphatic rings. The topological polar surface area (TPSA) is 86.8 Å². The minimum absolute atomic E-state index is 0.0272. The van der Waals surface area contributed by atoms with Crippen LogP contribution in [0.3, 0.4) is 0 Å². The summed E-state index contributed by atoms with van der Waals surface area (Å²) in [6, 6.07) is 4.01. The maximum Gasteiger partial charge on any atom is 0.247 e. The van der Waals surface area contributed by atoms with Crippen molar-refractivity contribution in [1.29, 1.82) is 0 Å². The van der Waals surface area contributed by atoms with E-state index in [2.05, 4.69) is 5.32 Å². The van der Waals surface area contributed by atoms with Gasteiger partial charge in [0.25, 0.3) is 0 Å². The van der Waals surface area contributed by atoms with Crippen LogP contribution in [-0.2, 0) is 19.2 Å². The zero-order valence-corrected chi connectivity index (χ0v) is 16.8. The highest BCUT2D eigenvalue weighted by Gasteiger charge is 2.50. The monoisotopic (exact) mass is 415 g/mol. The standard InChI is InChI=1S/C21H22ClN3O4/c1-12(25-20(28)14-5-2-3-6-15(14)21(25)29)19(27)23-13-8-9-17(16(22)11-13)24-10-4-7-18(24)26/h2-3,8-9,11-12,14-15H,4-7,10H2,1H3,(H,23,27)/t12-,14-,15+/m0/s1. The molecule has 3 atom stereocenters. The van der Waals surface area contributed by atoms with Crippen LogP contribution in [0, 0.1) is 11.8 Å². The summed E-state index contributed by atoms with van der Waals surface area (Å²) in [6.07, 6.45) is 6.19. The summed E-state index contributed by atoms with van der Waals surface area (Å²) in [5.74, 6) is -1.73. The first-order valence-corrected chi connectivity index (χ1v) is 10.2. The van der Waals surface area contributed by atoms with E-state index in [1.165, 1.54) is 0 Å². The predicted octanol–water partition coefficient (Wildman–Crippen LogP) is 2.75. The molecular formula is C21H22ClN3O4. The van der Waals surface area contributed by atoms with E-state index < -0.39 is 11.9 Å². The van der Waals surface area contributed by atoms with Crippen LogP contribution in [0.2, 0.25) is 5.02 Å². The van der Waals surface area contributed by atoms with Gasteiger partial charge >= 0.3 is 0 Å². The second-order valence-corrected chi connectivity index (χ2v) is 8.09. The second kappa shape index (κ2) is 7.63. The van der Waals surface area contributed by atoms with Gasteiger partial charge in [0, 0.05) is 18.7 Å². The van der Waals surface area contributed by atoms with Gasteiger partial charge in [0.15, 0.2) is 0 Å². The Balaban J connectivity index is 1.46. The highest BCUT2D eigenvalue weighted by atomic mass is 35.5. The number of nitrogens with one attached hydrogen (secondary N) is 1. The van der Waals surface area contributed by atoms with Crippen LogP contribution < -0.4 is 10.2 Å². The number of halogens is 1. The molecule has 7 nitrogen and oxygen atoms in total. The molecule has 0 saturated carbocycles. The molecule has 1 N–H and O–H groups in total. The van der Waals surface area contributed by atoms with Crippen molar-refractivity contribution in [3.63, 3.8) is 0 Å². The van der Waals surface area contributed by atoms with Crippen LogP contribution in [-0.4, -0.2) is 41.1 Å². The molecule has 1 aromatic rings. The molecule has 0 bridgehead atoms. The molecule has 0 unspecified atom stereocenters. The number of rotatable bonds is 4. The van der Waals surface area contributed by atoms with Gasteiger partial charge in [0.05, 0.1) is 22.5 Å². The minimum Gasteiger partial charge on any atom is -0.324 e. The number of carbonyl (C=O) groups is 4. The number of carbonyl (C=O) groups excluding carboxylic acids is 4. The van der Waals surface area contributed by atoms with Gasteiger partial charge in [-0.25, -0.2) is 0 Å². The summed E-state index contributed by atoms with van der Waals surface area (Å²) < 4.78 is 0. The van der Waals surface area contributed by atoms with E-state index in [1.807, 2.05) is 12.2 Å². The molecule has 4 rings (SSSR count). The van der Waals surface area contributed by atoms with Crippen molar-refractivity contribution in [1.82, 2.24) is 4.90 Å². The molecule has 8 heteroatoms. The zero-order chi connectivity index (χ0) is 20.7. The second-order valence-electron chi connectivity index (χ2n) is 7.68. The van der Waals surface area contributed by atoms with Gasteiger partial charge in [-0.1, -0.05) is 23.8 Å². The van der Waals surface area contributed by atoms with Crippen molar-refractivity contribution in [3.05, 3.63) is 35.4 Å². The molecule has 4 amide bonds. The molecule has 1 aromatic carbocycles. The highest BCUT2D eigenvalue weighted by molar-refractivity contribution is 6.34. The largest absolute Gasteiger partial charge is 0.324 e. The Morgan fingerprint density at radius 2 is 1.79 bits per heavy atom. The molecule has 2 aliphatic heterocycles. The first-order valence-electron chi connectivity index (χ1n) is 9.81. The van der Waals surface area contributed by atoms with Gasteiger partial charge in [0.1, 0.15) is 6.04 Å². The van der Waals surface area contributed by atoms with E-state index >= 15 is 0 Å². The van der Waals surface area contributed by atoms with Crippen LogP contribution in [0.1, 0.15) is 32.6 Å². The summed E-state index contributed by atoms with van der Waals surface area (Å²) in [5, 5.41) is 3.08. The maximum atomic E-state index is 12.7. The number of hydrogen-bond acceptors (Lipinski definition) is 4. The Bertz CT molecular complexity index is 903. The van der Waals surface area contributed by atoms with Crippen LogP contribution in [0.15, 0.2) is 30.4 Å². The minimum atomic E-state index is -0.917. The van der Waals surface area contributed by atoms with Crippen molar-refractivity contribution < 1.29 is 19.2 Å². The first kappa shape index (κ1) is 19.6. The molecule has 0 spiro atoms. The van der Waals surface area contributed by atoms with Gasteiger partial charge in [-0.2, -0.15) is 0 Å². The normalized spacial score (nSPS) is 24.8. The number of fused-ring (bicyclic) bond motifs is 1. The van der Waals surface area contributed by atoms with Gasteiger partial charge in [-0.05, 0) is 44.4 Å². The summed E-state index contributed by atoms with van der Waals surface area (Å²) in [7, 11) is 0. The summed E-state index contributed by atoms with van der Waals surface area (Å²) in [6.45, 7) is 2.17. The van der Waals surface area contributed by atoms with E-state index in [0.29, 0.717) is 42.2 Å². The lowest BCUT2D eigenvalue weighted by atomic mass is 9.85. The number of benzene rings is 1. The first-order chi connectivity index (χ1) is 13.9. The SMILES string of the molecule is C[C@@H](C(=O)Nc1ccc(N2CCCC2=O)c(Cl)c1)N1C(=O)[C@H]2CC=CC[C@H]2C1=O. The number of imide groups is 1. The summed E-state index contributed by atoms with van der Waals surface area (Å²) in [4.78, 5) is 52.7. The van der Waals surface area contributed by atoms with Crippen LogP contribution in [0.4, 0.5) is 11.4 Å². The van der Waals surface area contributed by atoms with Gasteiger partial charge < -0.3 is 10.2 Å². The number of anilines is 2. The zero-order valence-electron chi connectivity index (χ0n) is 16.1. The van der Waals surface area contributed by atoms with E-state index in [0.717, 1.165) is 11.3 Å². The number of nitrogens with zero attached hydrogens (tertiary/aromatic N) is 2. The molecule has 0 radical (unpaired) electrons. The third-order valence-electron chi connectivity index (χ3n) is 5.89. The van der Waals surface area contributed by atoms with Gasteiger partial charge in [0.2, 0.25) is 23.6 Å². The quantitative estimate of drug-likeness (QED) is 0.605. The Kier molecular flexibility index (Phi) is 5.17. The number of amides is 4. The summed E-state index contributed by atoms with van der Waals surface area (Å²) in [5.41, 5.74) is 1.06. The third-order valence-corrected chi connectivity index (χ3v) is 6.19. The number of hydrogen-bond donors (Lipinski definition) is 1. The number of allylic oxidation sites excluding steroid dienone is 2. The average molecular weight is 416 g/mol. The fourth-order valence-corrected chi connectivity index (χ4v) is 4.56. The van der Waals surface area contributed by atoms with E-state index in [1.54, 1.807) is 30.0 Å². The molecule has 2 saturated heterocycles. The predicted molar refractivity (Wildman–Crippen MR) is 108 cm³/mol. The fourth-order valence-electron chi connectivity index (χ4n) is 4.28. The Morgan fingerprint density at radius 3 is 2.34 bits per heavy atom. The smallest absolute Gasteiger partial charge is 0.247 e. The Hall–Kier alpha value is -2.67. The van der Waals surface area contributed by atoms with Crippen molar-refractivity contribution in [2.24, 2.45) is 11.8 Å². The van der Waals surface area contributed by atoms with Crippen molar-refractivity contribution >= 4 is 46.6 Å². The van der Waals surface area contributed by atoms with Crippen LogP contribution in [0.5, 0.6) is 0 Å². The summed E-state index contributed by atoms with van der Waals surface area (Å²) >= 11 is 6.32. The van der Waals surface area contributed by atoms with Crippen molar-refractivity contribution in [3.8, 4) is 0 Å². The Morgan fingerprint density at radius 1 is 1.14 bits per heavy atom. The van der Waals surface area contributed by atoms with E-state index in [-0.39, 0.29) is 29.6 Å². The fraction of sp³-hybridized carbons (Fsp3) is 0.429. The van der Waals surface area contributed by atoms with Gasteiger partial charge in [-0.3, -0.25) is 24.1 Å². The third kappa shape index (κ3) is 3.44.